The molecule has 1 fully saturated rings. The van der Waals surface area contributed by atoms with Gasteiger partial charge in [-0.05, 0) is 19.3 Å². The lowest BCUT2D eigenvalue weighted by molar-refractivity contribution is -0.142. The van der Waals surface area contributed by atoms with Gasteiger partial charge in [-0.25, -0.2) is 18.1 Å². The number of nitrogens with zero attached hydrogens (tertiary/aromatic N) is 3. The standard InChI is InChI=1S/C13H19N3O4S/c17-13(18)9-4-5-16-12(7-9)14-11(15-16)8-10-3-1-2-6-21(10,19)20/h9-10H,1-8H2,(H,17,18). The summed E-state index contributed by atoms with van der Waals surface area (Å²) in [6, 6.07) is 0. The Kier molecular flexibility index (Phi) is 3.73. The van der Waals surface area contributed by atoms with E-state index in [4.69, 9.17) is 5.11 Å². The van der Waals surface area contributed by atoms with Gasteiger partial charge < -0.3 is 5.11 Å². The molecular weight excluding hydrogens is 294 g/mol. The van der Waals surface area contributed by atoms with Gasteiger partial charge in [0.05, 0.1) is 16.9 Å². The number of hydrogen-bond acceptors (Lipinski definition) is 5. The first-order valence-electron chi connectivity index (χ1n) is 7.32. The molecule has 1 N–H and O–H groups in total. The van der Waals surface area contributed by atoms with E-state index in [2.05, 4.69) is 10.1 Å². The summed E-state index contributed by atoms with van der Waals surface area (Å²) >= 11 is 0. The van der Waals surface area contributed by atoms with Gasteiger partial charge in [-0.3, -0.25) is 4.79 Å². The van der Waals surface area contributed by atoms with Crippen molar-refractivity contribution in [3.05, 3.63) is 11.6 Å². The quantitative estimate of drug-likeness (QED) is 0.868. The first kappa shape index (κ1) is 14.5. The summed E-state index contributed by atoms with van der Waals surface area (Å²) in [5.74, 6) is 0.240. The zero-order valence-corrected chi connectivity index (χ0v) is 12.5. The molecule has 2 aliphatic rings. The van der Waals surface area contributed by atoms with Crippen LogP contribution in [0.2, 0.25) is 0 Å². The van der Waals surface area contributed by atoms with Crippen LogP contribution in [0.1, 0.15) is 37.3 Å². The average Bonchev–Trinajstić information content (AvgIpc) is 2.82. The highest BCUT2D eigenvalue weighted by molar-refractivity contribution is 7.92. The number of carbonyl (C=O) groups is 1. The van der Waals surface area contributed by atoms with E-state index >= 15 is 0 Å². The molecule has 2 aliphatic heterocycles. The molecule has 21 heavy (non-hydrogen) atoms. The van der Waals surface area contributed by atoms with Gasteiger partial charge in [0.2, 0.25) is 0 Å². The molecule has 1 aromatic heterocycles. The van der Waals surface area contributed by atoms with Crippen molar-refractivity contribution < 1.29 is 18.3 Å². The molecule has 8 heteroatoms. The average molecular weight is 313 g/mol. The minimum absolute atomic E-state index is 0.256. The van der Waals surface area contributed by atoms with E-state index in [1.54, 1.807) is 4.68 Å². The normalized spacial score (nSPS) is 28.0. The fraction of sp³-hybridized carbons (Fsp3) is 0.769. The van der Waals surface area contributed by atoms with Crippen LogP contribution >= 0.6 is 0 Å². The predicted molar refractivity (Wildman–Crippen MR) is 74.6 cm³/mol. The first-order chi connectivity index (χ1) is 9.95. The maximum absolute atomic E-state index is 12.0. The molecule has 0 aromatic carbocycles. The Balaban J connectivity index is 1.75. The van der Waals surface area contributed by atoms with Crippen molar-refractivity contribution in [3.63, 3.8) is 0 Å². The summed E-state index contributed by atoms with van der Waals surface area (Å²) in [5.41, 5.74) is 0. The smallest absolute Gasteiger partial charge is 0.307 e. The van der Waals surface area contributed by atoms with Crippen molar-refractivity contribution in [1.29, 1.82) is 0 Å². The Morgan fingerprint density at radius 2 is 2.14 bits per heavy atom. The van der Waals surface area contributed by atoms with E-state index in [1.165, 1.54) is 0 Å². The van der Waals surface area contributed by atoms with Crippen LogP contribution in [-0.2, 0) is 34.0 Å². The van der Waals surface area contributed by atoms with Crippen LogP contribution in [-0.4, -0.2) is 45.3 Å². The van der Waals surface area contributed by atoms with E-state index < -0.39 is 21.7 Å². The molecule has 116 valence electrons. The van der Waals surface area contributed by atoms with Crippen LogP contribution in [0.4, 0.5) is 0 Å². The molecule has 1 saturated heterocycles. The van der Waals surface area contributed by atoms with Crippen LogP contribution < -0.4 is 0 Å². The third kappa shape index (κ3) is 2.95. The van der Waals surface area contributed by atoms with E-state index in [0.29, 0.717) is 43.9 Å². The number of hydrogen-bond donors (Lipinski definition) is 1. The molecule has 0 spiro atoms. The molecule has 2 unspecified atom stereocenters. The summed E-state index contributed by atoms with van der Waals surface area (Å²) in [5, 5.41) is 13.0. The minimum Gasteiger partial charge on any atom is -0.481 e. The lowest BCUT2D eigenvalue weighted by atomic mass is 9.98. The molecule has 2 atom stereocenters. The topological polar surface area (TPSA) is 102 Å². The Morgan fingerprint density at radius 3 is 2.86 bits per heavy atom. The monoisotopic (exact) mass is 313 g/mol. The van der Waals surface area contributed by atoms with Crippen LogP contribution in [0.5, 0.6) is 0 Å². The van der Waals surface area contributed by atoms with Crippen molar-refractivity contribution in [1.82, 2.24) is 14.8 Å². The Bertz CT molecular complexity index is 652. The Hall–Kier alpha value is -1.44. The first-order valence-corrected chi connectivity index (χ1v) is 9.04. The third-order valence-corrected chi connectivity index (χ3v) is 6.66. The lowest BCUT2D eigenvalue weighted by Gasteiger charge is -2.20. The Labute approximate surface area is 123 Å². The minimum atomic E-state index is -3.03. The number of aromatic nitrogens is 3. The van der Waals surface area contributed by atoms with Gasteiger partial charge in [-0.2, -0.15) is 5.10 Å². The van der Waals surface area contributed by atoms with Gasteiger partial charge in [-0.15, -0.1) is 0 Å². The van der Waals surface area contributed by atoms with Crippen molar-refractivity contribution in [2.45, 2.75) is 50.3 Å². The van der Waals surface area contributed by atoms with Crippen LogP contribution in [0.3, 0.4) is 0 Å². The molecule has 0 amide bonds. The zero-order valence-electron chi connectivity index (χ0n) is 11.7. The lowest BCUT2D eigenvalue weighted by Crippen LogP contribution is -2.30. The van der Waals surface area contributed by atoms with Crippen molar-refractivity contribution in [3.8, 4) is 0 Å². The second kappa shape index (κ2) is 5.40. The largest absolute Gasteiger partial charge is 0.481 e. The van der Waals surface area contributed by atoms with E-state index in [0.717, 1.165) is 12.8 Å². The molecule has 3 heterocycles. The number of carboxylic acids is 1. The number of aryl methyl sites for hydroxylation is 1. The number of aliphatic carboxylic acids is 1. The third-order valence-electron chi connectivity index (χ3n) is 4.38. The summed E-state index contributed by atoms with van der Waals surface area (Å²) in [4.78, 5) is 15.4. The van der Waals surface area contributed by atoms with Crippen molar-refractivity contribution in [2.24, 2.45) is 5.92 Å². The second-order valence-electron chi connectivity index (χ2n) is 5.88. The maximum Gasteiger partial charge on any atom is 0.307 e. The molecule has 1 aromatic rings. The fourth-order valence-electron chi connectivity index (χ4n) is 3.11. The van der Waals surface area contributed by atoms with Crippen molar-refractivity contribution >= 4 is 15.8 Å². The van der Waals surface area contributed by atoms with Gasteiger partial charge in [-0.1, -0.05) is 6.42 Å². The van der Waals surface area contributed by atoms with Gasteiger partial charge in [0.1, 0.15) is 5.82 Å². The van der Waals surface area contributed by atoms with E-state index in [-0.39, 0.29) is 11.0 Å². The molecule has 3 rings (SSSR count). The van der Waals surface area contributed by atoms with E-state index in [9.17, 15) is 13.2 Å². The second-order valence-corrected chi connectivity index (χ2v) is 8.28. The van der Waals surface area contributed by atoms with E-state index in [1.807, 2.05) is 0 Å². The van der Waals surface area contributed by atoms with Crippen molar-refractivity contribution in [2.75, 3.05) is 5.75 Å². The summed E-state index contributed by atoms with van der Waals surface area (Å²) in [6.07, 6.45) is 3.61. The summed E-state index contributed by atoms with van der Waals surface area (Å²) < 4.78 is 25.8. The van der Waals surface area contributed by atoms with Gasteiger partial charge in [0.25, 0.3) is 0 Å². The maximum atomic E-state index is 12.0. The Morgan fingerprint density at radius 1 is 1.33 bits per heavy atom. The summed E-state index contributed by atoms with van der Waals surface area (Å²) in [7, 11) is -3.03. The molecule has 0 saturated carbocycles. The predicted octanol–water partition coefficient (Wildman–Crippen LogP) is 0.435. The van der Waals surface area contributed by atoms with Gasteiger partial charge in [0, 0.05) is 19.4 Å². The van der Waals surface area contributed by atoms with Crippen LogP contribution in [0.15, 0.2) is 0 Å². The molecule has 0 aliphatic carbocycles. The number of carboxylic acid groups (broad SMARTS) is 1. The molecule has 0 bridgehead atoms. The SMILES string of the molecule is O=C(O)C1CCn2nc(CC3CCCCS3(=O)=O)nc2C1. The fourth-order valence-corrected chi connectivity index (χ4v) is 4.98. The number of rotatable bonds is 3. The zero-order chi connectivity index (χ0) is 15.0. The molecule has 7 nitrogen and oxygen atoms in total. The molecular formula is C13H19N3O4S. The van der Waals surface area contributed by atoms with Gasteiger partial charge >= 0.3 is 5.97 Å². The van der Waals surface area contributed by atoms with Gasteiger partial charge in [0.15, 0.2) is 15.7 Å². The van der Waals surface area contributed by atoms with Crippen LogP contribution in [0, 0.1) is 5.92 Å². The van der Waals surface area contributed by atoms with Crippen LogP contribution in [0.25, 0.3) is 0 Å². The number of sulfone groups is 1. The highest BCUT2D eigenvalue weighted by Crippen LogP contribution is 2.24. The highest BCUT2D eigenvalue weighted by atomic mass is 32.2. The highest BCUT2D eigenvalue weighted by Gasteiger charge is 2.32. The summed E-state index contributed by atoms with van der Waals surface area (Å²) in [6.45, 7) is 0.538. The number of fused-ring (bicyclic) bond motifs is 1. The molecule has 0 radical (unpaired) electrons.